The molecule has 3 N–H and O–H groups in total. The molecule has 0 aliphatic carbocycles. The number of nitrogens with two attached hydrogens (primary N) is 1. The second-order valence-electron chi connectivity index (χ2n) is 5.52. The largest absolute Gasteiger partial charge is 0.480 e. The number of aliphatic carboxylic acids is 1. The van der Waals surface area contributed by atoms with Crippen molar-refractivity contribution in [1.29, 1.82) is 0 Å². The summed E-state index contributed by atoms with van der Waals surface area (Å²) in [5.74, 6) is -2.28. The third-order valence-electron chi connectivity index (χ3n) is 3.98. The minimum Gasteiger partial charge on any atom is -0.480 e. The number of amides is 2. The van der Waals surface area contributed by atoms with E-state index in [1.165, 1.54) is 15.6 Å². The Labute approximate surface area is 137 Å². The number of carboxylic acid groups (broad SMARTS) is 1. The second kappa shape index (κ2) is 6.15. The van der Waals surface area contributed by atoms with Gasteiger partial charge in [0, 0.05) is 12.6 Å². The van der Waals surface area contributed by atoms with E-state index >= 15 is 0 Å². The minimum atomic E-state index is -1.04. The lowest BCUT2D eigenvalue weighted by atomic mass is 10.2. The van der Waals surface area contributed by atoms with Gasteiger partial charge in [0.1, 0.15) is 11.7 Å². The van der Waals surface area contributed by atoms with E-state index in [1.54, 1.807) is 24.3 Å². The quantitative estimate of drug-likeness (QED) is 0.854. The van der Waals surface area contributed by atoms with Crippen molar-refractivity contribution in [3.05, 3.63) is 47.8 Å². The Hall–Kier alpha value is -3.16. The molecule has 1 saturated heterocycles. The number of hydrogen-bond donors (Lipinski definition) is 2. The van der Waals surface area contributed by atoms with Crippen molar-refractivity contribution in [2.24, 2.45) is 5.73 Å². The first-order valence-corrected chi connectivity index (χ1v) is 7.48. The molecule has 0 radical (unpaired) electrons. The smallest absolute Gasteiger partial charge is 0.326 e. The number of carbonyl (C=O) groups is 3. The maximum absolute atomic E-state index is 12.6. The van der Waals surface area contributed by atoms with E-state index in [0.717, 1.165) is 0 Å². The van der Waals surface area contributed by atoms with E-state index in [2.05, 4.69) is 5.10 Å². The number of hydrogen-bond acceptors (Lipinski definition) is 4. The van der Waals surface area contributed by atoms with E-state index in [-0.39, 0.29) is 11.4 Å². The zero-order valence-electron chi connectivity index (χ0n) is 12.8. The van der Waals surface area contributed by atoms with Gasteiger partial charge in [0.05, 0.1) is 5.69 Å². The van der Waals surface area contributed by atoms with Gasteiger partial charge in [0.15, 0.2) is 5.69 Å². The topological polar surface area (TPSA) is 119 Å². The lowest BCUT2D eigenvalue weighted by Gasteiger charge is -2.20. The first kappa shape index (κ1) is 15.7. The molecule has 124 valence electrons. The monoisotopic (exact) mass is 328 g/mol. The lowest BCUT2D eigenvalue weighted by molar-refractivity contribution is -0.141. The van der Waals surface area contributed by atoms with Gasteiger partial charge < -0.3 is 15.7 Å². The molecule has 2 heterocycles. The van der Waals surface area contributed by atoms with Crippen molar-refractivity contribution in [3.8, 4) is 5.69 Å². The average Bonchev–Trinajstić information content (AvgIpc) is 3.22. The van der Waals surface area contributed by atoms with E-state index in [1.807, 2.05) is 6.07 Å². The van der Waals surface area contributed by atoms with Crippen LogP contribution in [0.15, 0.2) is 36.4 Å². The standard InChI is InChI=1S/C16H16N4O4/c17-14(21)13-9-11(18-20(13)10-5-2-1-3-6-10)15(22)19-8-4-7-12(19)16(23)24/h1-3,5-6,9,12H,4,7-8H2,(H2,17,21)(H,23,24)/t12-/m0/s1. The lowest BCUT2D eigenvalue weighted by Crippen LogP contribution is -2.40. The van der Waals surface area contributed by atoms with Crippen LogP contribution in [0.5, 0.6) is 0 Å². The molecule has 1 aliphatic heterocycles. The average molecular weight is 328 g/mol. The molecule has 0 spiro atoms. The zero-order chi connectivity index (χ0) is 17.3. The third kappa shape index (κ3) is 2.73. The van der Waals surface area contributed by atoms with Crippen molar-refractivity contribution in [2.75, 3.05) is 6.54 Å². The minimum absolute atomic E-state index is 0.000744. The molecule has 8 nitrogen and oxygen atoms in total. The summed E-state index contributed by atoms with van der Waals surface area (Å²) < 4.78 is 1.29. The summed E-state index contributed by atoms with van der Waals surface area (Å²) in [6.45, 7) is 0.347. The van der Waals surface area contributed by atoms with Crippen molar-refractivity contribution in [3.63, 3.8) is 0 Å². The van der Waals surface area contributed by atoms with Crippen LogP contribution in [0.25, 0.3) is 5.69 Å². The highest BCUT2D eigenvalue weighted by atomic mass is 16.4. The number of carboxylic acids is 1. The normalized spacial score (nSPS) is 17.0. The second-order valence-corrected chi connectivity index (χ2v) is 5.52. The Morgan fingerprint density at radius 3 is 2.54 bits per heavy atom. The number of likely N-dealkylation sites (tertiary alicyclic amines) is 1. The molecule has 24 heavy (non-hydrogen) atoms. The molecule has 2 aromatic rings. The van der Waals surface area contributed by atoms with Crippen LogP contribution < -0.4 is 5.73 Å². The summed E-state index contributed by atoms with van der Waals surface area (Å²) in [5.41, 5.74) is 6.03. The number of aromatic nitrogens is 2. The SMILES string of the molecule is NC(=O)c1cc(C(=O)N2CCC[C@H]2C(=O)O)nn1-c1ccccc1. The molecular formula is C16H16N4O4. The summed E-state index contributed by atoms with van der Waals surface area (Å²) in [7, 11) is 0. The highest BCUT2D eigenvalue weighted by molar-refractivity contribution is 5.99. The number of carbonyl (C=O) groups excluding carboxylic acids is 2. The summed E-state index contributed by atoms with van der Waals surface area (Å²) >= 11 is 0. The van der Waals surface area contributed by atoms with Crippen LogP contribution in [0.1, 0.15) is 33.8 Å². The fraction of sp³-hybridized carbons (Fsp3) is 0.250. The highest BCUT2D eigenvalue weighted by Gasteiger charge is 2.35. The molecule has 1 fully saturated rings. The number of rotatable bonds is 4. The van der Waals surface area contributed by atoms with Crippen LogP contribution in [0.2, 0.25) is 0 Å². The maximum atomic E-state index is 12.6. The molecule has 1 aromatic carbocycles. The van der Waals surface area contributed by atoms with Crippen LogP contribution in [0.4, 0.5) is 0 Å². The third-order valence-corrected chi connectivity index (χ3v) is 3.98. The van der Waals surface area contributed by atoms with Crippen LogP contribution in [-0.4, -0.2) is 50.2 Å². The van der Waals surface area contributed by atoms with E-state index in [4.69, 9.17) is 5.73 Å². The number of benzene rings is 1. The van der Waals surface area contributed by atoms with Gasteiger partial charge in [0.2, 0.25) is 0 Å². The van der Waals surface area contributed by atoms with Gasteiger partial charge in [-0.05, 0) is 25.0 Å². The molecule has 1 aliphatic rings. The van der Waals surface area contributed by atoms with Crippen molar-refractivity contribution < 1.29 is 19.5 Å². The first-order valence-electron chi connectivity index (χ1n) is 7.48. The summed E-state index contributed by atoms with van der Waals surface area (Å²) in [6, 6.07) is 9.23. The van der Waals surface area contributed by atoms with Gasteiger partial charge in [-0.1, -0.05) is 18.2 Å². The number of primary amides is 1. The van der Waals surface area contributed by atoms with Crippen LogP contribution in [0, 0.1) is 0 Å². The van der Waals surface area contributed by atoms with Crippen molar-refractivity contribution >= 4 is 17.8 Å². The predicted octanol–water partition coefficient (Wildman–Crippen LogP) is 0.660. The summed E-state index contributed by atoms with van der Waals surface area (Å²) in [5, 5.41) is 13.4. The Morgan fingerprint density at radius 2 is 1.92 bits per heavy atom. The first-order chi connectivity index (χ1) is 11.5. The van der Waals surface area contributed by atoms with Crippen LogP contribution >= 0.6 is 0 Å². The molecule has 0 saturated carbocycles. The van der Waals surface area contributed by atoms with Gasteiger partial charge in [0.25, 0.3) is 11.8 Å². The molecular weight excluding hydrogens is 312 g/mol. The Morgan fingerprint density at radius 1 is 1.21 bits per heavy atom. The number of para-hydroxylation sites is 1. The Bertz CT molecular complexity index is 800. The number of nitrogens with zero attached hydrogens (tertiary/aromatic N) is 3. The Kier molecular flexibility index (Phi) is 4.03. The van der Waals surface area contributed by atoms with E-state index in [9.17, 15) is 19.5 Å². The van der Waals surface area contributed by atoms with Gasteiger partial charge in [-0.3, -0.25) is 9.59 Å². The predicted molar refractivity (Wildman–Crippen MR) is 83.8 cm³/mol. The molecule has 8 heteroatoms. The maximum Gasteiger partial charge on any atom is 0.326 e. The van der Waals surface area contributed by atoms with E-state index in [0.29, 0.717) is 25.1 Å². The fourth-order valence-electron chi connectivity index (χ4n) is 2.84. The molecule has 1 aromatic heterocycles. The van der Waals surface area contributed by atoms with Gasteiger partial charge in [-0.15, -0.1) is 0 Å². The molecule has 3 rings (SSSR count). The fourth-order valence-corrected chi connectivity index (χ4v) is 2.84. The van der Waals surface area contributed by atoms with Crippen molar-refractivity contribution in [1.82, 2.24) is 14.7 Å². The van der Waals surface area contributed by atoms with Crippen LogP contribution in [-0.2, 0) is 4.79 Å². The molecule has 1 atom stereocenters. The van der Waals surface area contributed by atoms with Gasteiger partial charge in [-0.25, -0.2) is 9.48 Å². The summed E-state index contributed by atoms with van der Waals surface area (Å²) in [4.78, 5) is 36.8. The van der Waals surface area contributed by atoms with Gasteiger partial charge in [-0.2, -0.15) is 5.10 Å². The van der Waals surface area contributed by atoms with Crippen LogP contribution in [0.3, 0.4) is 0 Å². The van der Waals surface area contributed by atoms with Gasteiger partial charge >= 0.3 is 5.97 Å². The van der Waals surface area contributed by atoms with Crippen molar-refractivity contribution in [2.45, 2.75) is 18.9 Å². The summed E-state index contributed by atoms with van der Waals surface area (Å²) in [6.07, 6.45) is 1.02. The molecule has 0 bridgehead atoms. The highest BCUT2D eigenvalue weighted by Crippen LogP contribution is 2.21. The molecule has 0 unspecified atom stereocenters. The van der Waals surface area contributed by atoms with E-state index < -0.39 is 23.8 Å². The molecule has 2 amide bonds. The Balaban J connectivity index is 1.99. The zero-order valence-corrected chi connectivity index (χ0v) is 12.8.